The predicted molar refractivity (Wildman–Crippen MR) is 89.5 cm³/mol. The summed E-state index contributed by atoms with van der Waals surface area (Å²) in [6.45, 7) is 3.40. The van der Waals surface area contributed by atoms with Crippen molar-refractivity contribution in [3.63, 3.8) is 0 Å². The number of carbonyl (C=O) groups excluding carboxylic acids is 2. The molecule has 0 radical (unpaired) electrons. The molecule has 0 saturated carbocycles. The number of hydrogen-bond acceptors (Lipinski definition) is 3. The Morgan fingerprint density at radius 3 is 2.61 bits per heavy atom. The van der Waals surface area contributed by atoms with E-state index in [4.69, 9.17) is 16.3 Å². The second kappa shape index (κ2) is 7.79. The van der Waals surface area contributed by atoms with Crippen molar-refractivity contribution in [1.29, 1.82) is 0 Å². The molecular weight excluding hydrogens is 314 g/mol. The van der Waals surface area contributed by atoms with Crippen LogP contribution in [0.4, 0.5) is 0 Å². The van der Waals surface area contributed by atoms with E-state index in [2.05, 4.69) is 5.32 Å². The fourth-order valence-corrected chi connectivity index (χ4v) is 2.33. The van der Waals surface area contributed by atoms with E-state index in [1.165, 1.54) is 0 Å². The third kappa shape index (κ3) is 5.11. The van der Waals surface area contributed by atoms with Gasteiger partial charge in [0.25, 0.3) is 5.91 Å². The average molecular weight is 332 g/mol. The Morgan fingerprint density at radius 2 is 1.91 bits per heavy atom. The minimum atomic E-state index is -0.515. The lowest BCUT2D eigenvalue weighted by Crippen LogP contribution is -2.31. The van der Waals surface area contributed by atoms with Gasteiger partial charge in [-0.25, -0.2) is 4.79 Å². The van der Waals surface area contributed by atoms with Crippen LogP contribution >= 0.6 is 11.6 Å². The molecule has 1 N–H and O–H groups in total. The Balaban J connectivity index is 1.86. The first-order chi connectivity index (χ1) is 11.0. The zero-order chi connectivity index (χ0) is 16.8. The second-order valence-corrected chi connectivity index (χ2v) is 5.73. The second-order valence-electron chi connectivity index (χ2n) is 5.29. The van der Waals surface area contributed by atoms with Crippen molar-refractivity contribution in [3.8, 4) is 0 Å². The monoisotopic (exact) mass is 331 g/mol. The minimum Gasteiger partial charge on any atom is -0.452 e. The largest absolute Gasteiger partial charge is 0.452 e. The van der Waals surface area contributed by atoms with Crippen LogP contribution in [0.1, 0.15) is 34.5 Å². The third-order valence-corrected chi connectivity index (χ3v) is 3.55. The van der Waals surface area contributed by atoms with Crippen LogP contribution in [-0.2, 0) is 9.53 Å². The lowest BCUT2D eigenvalue weighted by molar-refractivity contribution is -0.124. The number of aryl methyl sites for hydroxylation is 1. The molecule has 5 heteroatoms. The first-order valence-electron chi connectivity index (χ1n) is 7.24. The number of benzene rings is 2. The summed E-state index contributed by atoms with van der Waals surface area (Å²) in [6, 6.07) is 14.0. The fourth-order valence-electron chi connectivity index (χ4n) is 2.13. The average Bonchev–Trinajstić information content (AvgIpc) is 2.52. The normalized spacial score (nSPS) is 11.6. The van der Waals surface area contributed by atoms with Gasteiger partial charge in [-0.1, -0.05) is 41.4 Å². The predicted octanol–water partition coefficient (Wildman–Crippen LogP) is 3.68. The Morgan fingerprint density at radius 1 is 1.17 bits per heavy atom. The van der Waals surface area contributed by atoms with Crippen molar-refractivity contribution in [3.05, 3.63) is 70.2 Å². The highest BCUT2D eigenvalue weighted by atomic mass is 35.5. The number of esters is 1. The van der Waals surface area contributed by atoms with Gasteiger partial charge in [0.1, 0.15) is 0 Å². The molecule has 2 aromatic carbocycles. The highest BCUT2D eigenvalue weighted by molar-refractivity contribution is 6.30. The Kier molecular flexibility index (Phi) is 5.77. The van der Waals surface area contributed by atoms with Gasteiger partial charge in [0, 0.05) is 5.02 Å². The van der Waals surface area contributed by atoms with Crippen LogP contribution in [-0.4, -0.2) is 18.5 Å². The van der Waals surface area contributed by atoms with Crippen LogP contribution in [0.5, 0.6) is 0 Å². The molecule has 0 aliphatic rings. The summed E-state index contributed by atoms with van der Waals surface area (Å²) < 4.78 is 5.03. The van der Waals surface area contributed by atoms with Crippen molar-refractivity contribution in [2.24, 2.45) is 0 Å². The molecule has 4 nitrogen and oxygen atoms in total. The fraction of sp³-hybridized carbons (Fsp3) is 0.222. The van der Waals surface area contributed by atoms with Crippen molar-refractivity contribution in [2.45, 2.75) is 19.9 Å². The van der Waals surface area contributed by atoms with E-state index in [1.54, 1.807) is 30.3 Å². The van der Waals surface area contributed by atoms with E-state index in [0.717, 1.165) is 11.1 Å². The number of hydrogen-bond donors (Lipinski definition) is 1. The van der Waals surface area contributed by atoms with Crippen LogP contribution in [0.2, 0.25) is 5.02 Å². The summed E-state index contributed by atoms with van der Waals surface area (Å²) >= 11 is 5.93. The SMILES string of the molecule is Cc1cccc(C(=O)OCC(=O)N[C@H](C)c2cccc(Cl)c2)c1. The molecule has 23 heavy (non-hydrogen) atoms. The summed E-state index contributed by atoms with van der Waals surface area (Å²) in [5, 5.41) is 3.37. The smallest absolute Gasteiger partial charge is 0.338 e. The first kappa shape index (κ1) is 17.0. The molecule has 0 heterocycles. The van der Waals surface area contributed by atoms with Gasteiger partial charge in [-0.05, 0) is 43.7 Å². The number of rotatable bonds is 5. The maximum absolute atomic E-state index is 11.9. The van der Waals surface area contributed by atoms with E-state index in [9.17, 15) is 9.59 Å². The van der Waals surface area contributed by atoms with Gasteiger partial charge in [0.15, 0.2) is 6.61 Å². The maximum atomic E-state index is 11.9. The molecule has 1 amide bonds. The zero-order valence-corrected chi connectivity index (χ0v) is 13.8. The van der Waals surface area contributed by atoms with Crippen LogP contribution in [0, 0.1) is 6.92 Å². The van der Waals surface area contributed by atoms with Crippen molar-refractivity contribution in [2.75, 3.05) is 6.61 Å². The Labute approximate surface area is 140 Å². The van der Waals surface area contributed by atoms with E-state index in [0.29, 0.717) is 10.6 Å². The zero-order valence-electron chi connectivity index (χ0n) is 13.0. The molecule has 120 valence electrons. The summed E-state index contributed by atoms with van der Waals surface area (Å²) in [5.74, 6) is -0.877. The summed E-state index contributed by atoms with van der Waals surface area (Å²) in [4.78, 5) is 23.8. The highest BCUT2D eigenvalue weighted by Crippen LogP contribution is 2.17. The van der Waals surface area contributed by atoms with Gasteiger partial charge in [0.2, 0.25) is 0 Å². The summed E-state index contributed by atoms with van der Waals surface area (Å²) in [6.07, 6.45) is 0. The molecule has 0 aliphatic carbocycles. The number of carbonyl (C=O) groups is 2. The molecule has 0 spiro atoms. The van der Waals surface area contributed by atoms with Gasteiger partial charge in [-0.3, -0.25) is 4.79 Å². The van der Waals surface area contributed by atoms with E-state index < -0.39 is 5.97 Å². The van der Waals surface area contributed by atoms with Crippen LogP contribution in [0.15, 0.2) is 48.5 Å². The van der Waals surface area contributed by atoms with Crippen LogP contribution in [0.3, 0.4) is 0 Å². The molecule has 0 aromatic heterocycles. The standard InChI is InChI=1S/C18H18ClNO3/c1-12-5-3-7-15(9-12)18(22)23-11-17(21)20-13(2)14-6-4-8-16(19)10-14/h3-10,13H,11H2,1-2H3,(H,20,21)/t13-/m1/s1. The molecule has 0 aliphatic heterocycles. The summed E-state index contributed by atoms with van der Waals surface area (Å²) in [5.41, 5.74) is 2.27. The molecule has 1 atom stereocenters. The molecule has 0 unspecified atom stereocenters. The molecule has 0 saturated heterocycles. The summed E-state index contributed by atoms with van der Waals surface area (Å²) in [7, 11) is 0. The molecule has 0 fully saturated rings. The van der Waals surface area contributed by atoms with Gasteiger partial charge in [0.05, 0.1) is 11.6 Å². The lowest BCUT2D eigenvalue weighted by atomic mass is 10.1. The number of halogens is 1. The third-order valence-electron chi connectivity index (χ3n) is 3.31. The lowest BCUT2D eigenvalue weighted by Gasteiger charge is -2.14. The minimum absolute atomic E-state index is 0.223. The van der Waals surface area contributed by atoms with Crippen molar-refractivity contribution >= 4 is 23.5 Å². The number of ether oxygens (including phenoxy) is 1. The molecule has 0 bridgehead atoms. The maximum Gasteiger partial charge on any atom is 0.338 e. The van der Waals surface area contributed by atoms with Gasteiger partial charge in [-0.15, -0.1) is 0 Å². The topological polar surface area (TPSA) is 55.4 Å². The van der Waals surface area contributed by atoms with E-state index in [-0.39, 0.29) is 18.6 Å². The molecule has 2 aromatic rings. The van der Waals surface area contributed by atoms with Crippen molar-refractivity contribution < 1.29 is 14.3 Å². The van der Waals surface area contributed by atoms with Crippen LogP contribution < -0.4 is 5.32 Å². The van der Waals surface area contributed by atoms with Crippen molar-refractivity contribution in [1.82, 2.24) is 5.32 Å². The first-order valence-corrected chi connectivity index (χ1v) is 7.62. The number of amides is 1. The van der Waals surface area contributed by atoms with Gasteiger partial charge in [-0.2, -0.15) is 0 Å². The highest BCUT2D eigenvalue weighted by Gasteiger charge is 2.13. The van der Waals surface area contributed by atoms with Gasteiger partial charge < -0.3 is 10.1 Å². The molecule has 2 rings (SSSR count). The number of nitrogens with one attached hydrogen (secondary N) is 1. The Hall–Kier alpha value is -2.33. The van der Waals surface area contributed by atoms with E-state index in [1.807, 2.05) is 32.0 Å². The van der Waals surface area contributed by atoms with E-state index >= 15 is 0 Å². The quantitative estimate of drug-likeness (QED) is 0.850. The Bertz CT molecular complexity index is 715. The van der Waals surface area contributed by atoms with Gasteiger partial charge >= 0.3 is 5.97 Å². The molecular formula is C18H18ClNO3. The van der Waals surface area contributed by atoms with Crippen LogP contribution in [0.25, 0.3) is 0 Å².